The highest BCUT2D eigenvalue weighted by Gasteiger charge is 2.14. The Labute approximate surface area is 101 Å². The molecule has 16 heavy (non-hydrogen) atoms. The Morgan fingerprint density at radius 1 is 1.50 bits per heavy atom. The van der Waals surface area contributed by atoms with Crippen molar-refractivity contribution in [3.05, 3.63) is 23.0 Å². The molecule has 1 rings (SSSR count). The Morgan fingerprint density at radius 3 is 2.75 bits per heavy atom. The monoisotopic (exact) mass is 243 g/mol. The van der Waals surface area contributed by atoms with Gasteiger partial charge in [0, 0.05) is 37.2 Å². The molecule has 0 unspecified atom stereocenters. The number of rotatable bonds is 6. The highest BCUT2D eigenvalue weighted by Crippen LogP contribution is 2.16. The Kier molecular flexibility index (Phi) is 5.03. The van der Waals surface area contributed by atoms with Crippen molar-refractivity contribution in [1.82, 2.24) is 4.57 Å². The molecule has 0 saturated carbocycles. The van der Waals surface area contributed by atoms with Gasteiger partial charge in [-0.1, -0.05) is 0 Å². The van der Waals surface area contributed by atoms with Crippen LogP contribution >= 0.6 is 11.6 Å². The topological polar surface area (TPSA) is 31.2 Å². The van der Waals surface area contributed by atoms with E-state index in [1.807, 2.05) is 19.9 Å². The number of Topliss-reactive ketones (excluding diaryl/α,β-unsaturated/α-hetero) is 1. The lowest BCUT2D eigenvalue weighted by molar-refractivity contribution is 0.102. The number of methoxy groups -OCH3 is 1. The van der Waals surface area contributed by atoms with Crippen LogP contribution in [0.3, 0.4) is 0 Å². The van der Waals surface area contributed by atoms with Crippen molar-refractivity contribution in [2.45, 2.75) is 26.8 Å². The van der Waals surface area contributed by atoms with E-state index >= 15 is 0 Å². The molecule has 0 aliphatic rings. The molecule has 0 spiro atoms. The van der Waals surface area contributed by atoms with Crippen LogP contribution < -0.4 is 0 Å². The van der Waals surface area contributed by atoms with Crippen LogP contribution in [0.1, 0.15) is 28.2 Å². The van der Waals surface area contributed by atoms with Crippen molar-refractivity contribution in [2.24, 2.45) is 0 Å². The summed E-state index contributed by atoms with van der Waals surface area (Å²) in [7, 11) is 1.69. The molecule has 90 valence electrons. The standard InChI is InChI=1S/C12H18ClNO2/c1-9-7-11(12(15)8-13)10(2)14(9)5-4-6-16-3/h7H,4-6,8H2,1-3H3. The predicted molar refractivity (Wildman–Crippen MR) is 65.4 cm³/mol. The molecule has 0 atom stereocenters. The van der Waals surface area contributed by atoms with Crippen molar-refractivity contribution in [2.75, 3.05) is 19.6 Å². The van der Waals surface area contributed by atoms with Gasteiger partial charge in [-0.3, -0.25) is 4.79 Å². The second kappa shape index (κ2) is 6.06. The summed E-state index contributed by atoms with van der Waals surface area (Å²) in [6.07, 6.45) is 0.946. The summed E-state index contributed by atoms with van der Waals surface area (Å²) in [5.41, 5.74) is 2.84. The number of ether oxygens (including phenoxy) is 1. The third kappa shape index (κ3) is 2.86. The van der Waals surface area contributed by atoms with Gasteiger partial charge in [-0.05, 0) is 26.3 Å². The van der Waals surface area contributed by atoms with Gasteiger partial charge in [-0.15, -0.1) is 11.6 Å². The second-order valence-electron chi connectivity index (χ2n) is 3.84. The van der Waals surface area contributed by atoms with Crippen LogP contribution in [0.25, 0.3) is 0 Å². The first-order chi connectivity index (χ1) is 7.61. The number of hydrogen-bond donors (Lipinski definition) is 0. The lowest BCUT2D eigenvalue weighted by Crippen LogP contribution is -2.07. The number of nitrogens with zero attached hydrogens (tertiary/aromatic N) is 1. The fraction of sp³-hybridized carbons (Fsp3) is 0.583. The Bertz CT molecular complexity index is 371. The smallest absolute Gasteiger partial charge is 0.179 e. The summed E-state index contributed by atoms with van der Waals surface area (Å²) >= 11 is 5.57. The molecule has 3 nitrogen and oxygen atoms in total. The average Bonchev–Trinajstić information content (AvgIpc) is 2.56. The average molecular weight is 244 g/mol. The lowest BCUT2D eigenvalue weighted by Gasteiger charge is -2.08. The number of carbonyl (C=O) groups excluding carboxylic acids is 1. The highest BCUT2D eigenvalue weighted by atomic mass is 35.5. The van der Waals surface area contributed by atoms with Gasteiger partial charge < -0.3 is 9.30 Å². The van der Waals surface area contributed by atoms with Gasteiger partial charge in [0.05, 0.1) is 5.88 Å². The second-order valence-corrected chi connectivity index (χ2v) is 4.11. The van der Waals surface area contributed by atoms with Crippen molar-refractivity contribution < 1.29 is 9.53 Å². The van der Waals surface area contributed by atoms with E-state index in [1.165, 1.54) is 0 Å². The van der Waals surface area contributed by atoms with Crippen LogP contribution in [0.15, 0.2) is 6.07 Å². The first kappa shape index (κ1) is 13.3. The van der Waals surface area contributed by atoms with Gasteiger partial charge in [0.1, 0.15) is 0 Å². The zero-order valence-corrected chi connectivity index (χ0v) is 10.8. The number of aryl methyl sites for hydroxylation is 1. The van der Waals surface area contributed by atoms with Crippen LogP contribution in [0, 0.1) is 13.8 Å². The summed E-state index contributed by atoms with van der Waals surface area (Å²) < 4.78 is 7.16. The normalized spacial score (nSPS) is 10.8. The molecular weight excluding hydrogens is 226 g/mol. The first-order valence-corrected chi connectivity index (χ1v) is 5.90. The van der Waals surface area contributed by atoms with E-state index < -0.39 is 0 Å². The largest absolute Gasteiger partial charge is 0.385 e. The van der Waals surface area contributed by atoms with E-state index in [1.54, 1.807) is 7.11 Å². The zero-order valence-electron chi connectivity index (χ0n) is 10.0. The van der Waals surface area contributed by atoms with E-state index in [0.29, 0.717) is 0 Å². The van der Waals surface area contributed by atoms with Crippen molar-refractivity contribution >= 4 is 17.4 Å². The molecule has 1 aromatic heterocycles. The number of aromatic nitrogens is 1. The summed E-state index contributed by atoms with van der Waals surface area (Å²) in [5.74, 6) is 0.0373. The maximum atomic E-state index is 11.6. The molecule has 0 N–H and O–H groups in total. The lowest BCUT2D eigenvalue weighted by atomic mass is 10.2. The van der Waals surface area contributed by atoms with Gasteiger partial charge in [-0.2, -0.15) is 0 Å². The SMILES string of the molecule is COCCCn1c(C)cc(C(=O)CCl)c1C. The minimum absolute atomic E-state index is 0.00671. The fourth-order valence-corrected chi connectivity index (χ4v) is 2.01. The summed E-state index contributed by atoms with van der Waals surface area (Å²) in [5, 5.41) is 0. The number of ketones is 1. The number of hydrogen-bond acceptors (Lipinski definition) is 2. The van der Waals surface area contributed by atoms with Gasteiger partial charge >= 0.3 is 0 Å². The van der Waals surface area contributed by atoms with E-state index in [0.717, 1.165) is 36.5 Å². The van der Waals surface area contributed by atoms with Gasteiger partial charge in [-0.25, -0.2) is 0 Å². The van der Waals surface area contributed by atoms with Crippen molar-refractivity contribution in [3.63, 3.8) is 0 Å². The van der Waals surface area contributed by atoms with E-state index in [-0.39, 0.29) is 11.7 Å². The molecule has 0 radical (unpaired) electrons. The van der Waals surface area contributed by atoms with Crippen LogP contribution in [0.5, 0.6) is 0 Å². The van der Waals surface area contributed by atoms with Crippen LogP contribution in [-0.2, 0) is 11.3 Å². The van der Waals surface area contributed by atoms with Gasteiger partial charge in [0.15, 0.2) is 5.78 Å². The summed E-state index contributed by atoms with van der Waals surface area (Å²) in [6, 6.07) is 1.91. The molecule has 1 aromatic rings. The summed E-state index contributed by atoms with van der Waals surface area (Å²) in [4.78, 5) is 11.6. The molecule has 0 aromatic carbocycles. The van der Waals surface area contributed by atoms with Crippen LogP contribution in [-0.4, -0.2) is 29.9 Å². The number of halogens is 1. The molecule has 0 saturated heterocycles. The van der Waals surface area contributed by atoms with E-state index in [9.17, 15) is 4.79 Å². The zero-order chi connectivity index (χ0) is 12.1. The molecule has 0 fully saturated rings. The maximum Gasteiger partial charge on any atom is 0.179 e. The number of carbonyl (C=O) groups is 1. The number of alkyl halides is 1. The molecule has 0 amide bonds. The van der Waals surface area contributed by atoms with Gasteiger partial charge in [0.2, 0.25) is 0 Å². The third-order valence-electron chi connectivity index (χ3n) is 2.73. The molecule has 1 heterocycles. The Balaban J connectivity index is 2.85. The third-order valence-corrected chi connectivity index (χ3v) is 2.97. The first-order valence-electron chi connectivity index (χ1n) is 5.36. The quantitative estimate of drug-likeness (QED) is 0.437. The maximum absolute atomic E-state index is 11.6. The molecule has 0 aliphatic carbocycles. The van der Waals surface area contributed by atoms with Crippen LogP contribution in [0.2, 0.25) is 0 Å². The predicted octanol–water partition coefficient (Wildman–Crippen LogP) is 2.56. The van der Waals surface area contributed by atoms with Crippen molar-refractivity contribution in [3.8, 4) is 0 Å². The summed E-state index contributed by atoms with van der Waals surface area (Å²) in [6.45, 7) is 5.57. The molecule has 0 aliphatic heterocycles. The Morgan fingerprint density at radius 2 is 2.19 bits per heavy atom. The van der Waals surface area contributed by atoms with E-state index in [2.05, 4.69) is 4.57 Å². The molecule has 0 bridgehead atoms. The van der Waals surface area contributed by atoms with Gasteiger partial charge in [0.25, 0.3) is 0 Å². The Hall–Kier alpha value is -0.800. The van der Waals surface area contributed by atoms with Crippen molar-refractivity contribution in [1.29, 1.82) is 0 Å². The van der Waals surface area contributed by atoms with Crippen LogP contribution in [0.4, 0.5) is 0 Å². The molecular formula is C12H18ClNO2. The fourth-order valence-electron chi connectivity index (χ4n) is 1.87. The minimum Gasteiger partial charge on any atom is -0.385 e. The van der Waals surface area contributed by atoms with E-state index in [4.69, 9.17) is 16.3 Å². The molecule has 4 heteroatoms. The minimum atomic E-state index is -0.00671. The highest BCUT2D eigenvalue weighted by molar-refractivity contribution is 6.30.